The topological polar surface area (TPSA) is 79.5 Å². The van der Waals surface area contributed by atoms with Crippen molar-refractivity contribution < 1.29 is 14.4 Å². The van der Waals surface area contributed by atoms with Crippen molar-refractivity contribution in [1.82, 2.24) is 15.0 Å². The van der Waals surface area contributed by atoms with Gasteiger partial charge >= 0.3 is 0 Å². The van der Waals surface area contributed by atoms with Crippen LogP contribution in [0.3, 0.4) is 0 Å². The molecule has 6 nitrogen and oxygen atoms in total. The molecule has 0 aromatic carbocycles. The van der Waals surface area contributed by atoms with Crippen molar-refractivity contribution in [2.24, 2.45) is 5.92 Å². The van der Waals surface area contributed by atoms with Crippen molar-refractivity contribution in [3.63, 3.8) is 0 Å². The molecule has 1 N–H and O–H groups in total. The number of aromatic nitrogens is 2. The summed E-state index contributed by atoms with van der Waals surface area (Å²) in [7, 11) is 0. The Hall–Kier alpha value is -2.21. The van der Waals surface area contributed by atoms with E-state index in [0.29, 0.717) is 24.5 Å². The maximum atomic E-state index is 12.5. The SMILES string of the molecule is CC(C)c1cc(C(=O)N2CCC([C@H](O)c3ccccn3)CC2)no1. The smallest absolute Gasteiger partial charge is 0.276 e. The van der Waals surface area contributed by atoms with E-state index in [4.69, 9.17) is 4.52 Å². The Kier molecular flexibility index (Phi) is 4.94. The maximum Gasteiger partial charge on any atom is 0.276 e. The molecule has 0 radical (unpaired) electrons. The molecule has 0 bridgehead atoms. The largest absolute Gasteiger partial charge is 0.387 e. The number of aliphatic hydroxyl groups is 1. The zero-order valence-electron chi connectivity index (χ0n) is 14.1. The second kappa shape index (κ2) is 7.13. The number of nitrogens with zero attached hydrogens (tertiary/aromatic N) is 3. The molecule has 3 rings (SSSR count). The fourth-order valence-corrected chi connectivity index (χ4v) is 3.03. The van der Waals surface area contributed by atoms with Crippen LogP contribution in [0.2, 0.25) is 0 Å². The summed E-state index contributed by atoms with van der Waals surface area (Å²) in [5.41, 5.74) is 1.06. The van der Waals surface area contributed by atoms with E-state index in [-0.39, 0.29) is 17.7 Å². The Morgan fingerprint density at radius 1 is 1.33 bits per heavy atom. The van der Waals surface area contributed by atoms with Gasteiger partial charge in [0.15, 0.2) is 5.69 Å². The van der Waals surface area contributed by atoms with Crippen molar-refractivity contribution in [3.05, 3.63) is 47.6 Å². The van der Waals surface area contributed by atoms with Gasteiger partial charge in [-0.25, -0.2) is 0 Å². The highest BCUT2D eigenvalue weighted by atomic mass is 16.5. The van der Waals surface area contributed by atoms with Crippen molar-refractivity contribution >= 4 is 5.91 Å². The molecule has 1 saturated heterocycles. The van der Waals surface area contributed by atoms with E-state index in [0.717, 1.165) is 18.6 Å². The van der Waals surface area contributed by atoms with Gasteiger partial charge in [0.05, 0.1) is 11.8 Å². The highest BCUT2D eigenvalue weighted by Gasteiger charge is 2.30. The third-order valence-corrected chi connectivity index (χ3v) is 4.58. The summed E-state index contributed by atoms with van der Waals surface area (Å²) in [5.74, 6) is 0.945. The monoisotopic (exact) mass is 329 g/mol. The Balaban J connectivity index is 1.59. The van der Waals surface area contributed by atoms with Crippen molar-refractivity contribution in [2.45, 2.75) is 38.7 Å². The van der Waals surface area contributed by atoms with E-state index in [1.807, 2.05) is 32.0 Å². The normalized spacial score (nSPS) is 17.2. The molecule has 0 spiro atoms. The van der Waals surface area contributed by atoms with Crippen LogP contribution in [-0.2, 0) is 0 Å². The third-order valence-electron chi connectivity index (χ3n) is 4.58. The second-order valence-corrected chi connectivity index (χ2v) is 6.60. The molecule has 3 heterocycles. The number of carbonyl (C=O) groups is 1. The minimum absolute atomic E-state index is 0.101. The van der Waals surface area contributed by atoms with E-state index in [9.17, 15) is 9.90 Å². The van der Waals surface area contributed by atoms with Gasteiger partial charge in [0.2, 0.25) is 0 Å². The molecule has 1 amide bonds. The van der Waals surface area contributed by atoms with Crippen LogP contribution in [0.25, 0.3) is 0 Å². The van der Waals surface area contributed by atoms with Gasteiger partial charge in [0.1, 0.15) is 5.76 Å². The molecular formula is C18H23N3O3. The Labute approximate surface area is 141 Å². The lowest BCUT2D eigenvalue weighted by molar-refractivity contribution is 0.0441. The van der Waals surface area contributed by atoms with Crippen LogP contribution < -0.4 is 0 Å². The summed E-state index contributed by atoms with van der Waals surface area (Å²) >= 11 is 0. The van der Waals surface area contributed by atoms with Gasteiger partial charge in [-0.05, 0) is 30.9 Å². The Morgan fingerprint density at radius 2 is 2.08 bits per heavy atom. The molecule has 0 aliphatic carbocycles. The van der Waals surface area contributed by atoms with Gasteiger partial charge in [-0.1, -0.05) is 25.1 Å². The van der Waals surface area contributed by atoms with Crippen molar-refractivity contribution in [2.75, 3.05) is 13.1 Å². The predicted molar refractivity (Wildman–Crippen MR) is 88.4 cm³/mol. The van der Waals surface area contributed by atoms with Gasteiger partial charge in [-0.2, -0.15) is 0 Å². The molecule has 6 heteroatoms. The number of hydrogen-bond donors (Lipinski definition) is 1. The molecule has 2 aromatic heterocycles. The second-order valence-electron chi connectivity index (χ2n) is 6.60. The van der Waals surface area contributed by atoms with Crippen LogP contribution in [0, 0.1) is 5.92 Å². The molecule has 24 heavy (non-hydrogen) atoms. The lowest BCUT2D eigenvalue weighted by atomic mass is 9.89. The summed E-state index contributed by atoms with van der Waals surface area (Å²) < 4.78 is 5.21. The minimum Gasteiger partial charge on any atom is -0.387 e. The highest BCUT2D eigenvalue weighted by Crippen LogP contribution is 2.30. The van der Waals surface area contributed by atoms with Gasteiger partial charge in [0, 0.05) is 31.3 Å². The van der Waals surface area contributed by atoms with Crippen molar-refractivity contribution in [3.8, 4) is 0 Å². The number of rotatable bonds is 4. The van der Waals surface area contributed by atoms with Crippen LogP contribution in [0.15, 0.2) is 35.0 Å². The van der Waals surface area contributed by atoms with Crippen LogP contribution in [-0.4, -0.2) is 39.1 Å². The summed E-state index contributed by atoms with van der Waals surface area (Å²) in [6, 6.07) is 7.27. The minimum atomic E-state index is -0.581. The standard InChI is InChI=1S/C18H23N3O3/c1-12(2)16-11-15(20-24-16)18(23)21-9-6-13(7-10-21)17(22)14-5-3-4-8-19-14/h3-5,8,11-13,17,22H,6-7,9-10H2,1-2H3/t17-/m0/s1. The van der Waals surface area contributed by atoms with E-state index in [2.05, 4.69) is 10.1 Å². The number of aliphatic hydroxyl groups excluding tert-OH is 1. The zero-order valence-corrected chi connectivity index (χ0v) is 14.1. The number of piperidine rings is 1. The average molecular weight is 329 g/mol. The van der Waals surface area contributed by atoms with Gasteiger partial charge in [0.25, 0.3) is 5.91 Å². The number of pyridine rings is 1. The fraction of sp³-hybridized carbons (Fsp3) is 0.500. The predicted octanol–water partition coefficient (Wildman–Crippen LogP) is 2.78. The Morgan fingerprint density at radius 3 is 2.67 bits per heavy atom. The molecule has 2 aromatic rings. The number of hydrogen-bond acceptors (Lipinski definition) is 5. The zero-order chi connectivity index (χ0) is 17.1. The summed E-state index contributed by atoms with van der Waals surface area (Å²) in [5, 5.41) is 14.3. The molecule has 1 aliphatic rings. The van der Waals surface area contributed by atoms with E-state index < -0.39 is 6.10 Å². The molecule has 0 unspecified atom stereocenters. The lowest BCUT2D eigenvalue weighted by Crippen LogP contribution is -2.40. The van der Waals surface area contributed by atoms with Crippen LogP contribution >= 0.6 is 0 Å². The van der Waals surface area contributed by atoms with Gasteiger partial charge < -0.3 is 14.5 Å². The third kappa shape index (κ3) is 3.48. The Bertz CT molecular complexity index is 676. The molecular weight excluding hydrogens is 306 g/mol. The first-order valence-electron chi connectivity index (χ1n) is 8.41. The fourth-order valence-electron chi connectivity index (χ4n) is 3.03. The molecule has 1 aliphatic heterocycles. The molecule has 0 saturated carbocycles. The van der Waals surface area contributed by atoms with Crippen LogP contribution in [0.1, 0.15) is 60.7 Å². The quantitative estimate of drug-likeness (QED) is 0.933. The first-order chi connectivity index (χ1) is 11.6. The summed E-state index contributed by atoms with van der Waals surface area (Å²) in [6.45, 7) is 5.22. The number of likely N-dealkylation sites (tertiary alicyclic amines) is 1. The highest BCUT2D eigenvalue weighted by molar-refractivity contribution is 5.92. The van der Waals surface area contributed by atoms with Gasteiger partial charge in [-0.15, -0.1) is 0 Å². The van der Waals surface area contributed by atoms with Crippen molar-refractivity contribution in [1.29, 1.82) is 0 Å². The number of amides is 1. The van der Waals surface area contributed by atoms with Crippen LogP contribution in [0.5, 0.6) is 0 Å². The van der Waals surface area contributed by atoms with E-state index >= 15 is 0 Å². The van der Waals surface area contributed by atoms with Crippen LogP contribution in [0.4, 0.5) is 0 Å². The van der Waals surface area contributed by atoms with E-state index in [1.54, 1.807) is 17.2 Å². The first kappa shape index (κ1) is 16.6. The first-order valence-corrected chi connectivity index (χ1v) is 8.41. The summed E-state index contributed by atoms with van der Waals surface area (Å²) in [4.78, 5) is 18.5. The molecule has 128 valence electrons. The lowest BCUT2D eigenvalue weighted by Gasteiger charge is -2.33. The van der Waals surface area contributed by atoms with Gasteiger partial charge in [-0.3, -0.25) is 9.78 Å². The summed E-state index contributed by atoms with van der Waals surface area (Å²) in [6.07, 6.45) is 2.60. The van der Waals surface area contributed by atoms with E-state index in [1.165, 1.54) is 0 Å². The average Bonchev–Trinajstić information content (AvgIpc) is 3.12. The maximum absolute atomic E-state index is 12.5. The molecule has 1 fully saturated rings. The molecule has 1 atom stereocenters. The number of carbonyl (C=O) groups excluding carboxylic acids is 1.